The van der Waals surface area contributed by atoms with E-state index in [9.17, 15) is 4.79 Å². The van der Waals surface area contributed by atoms with Crippen molar-refractivity contribution < 1.29 is 4.79 Å². The Morgan fingerprint density at radius 2 is 1.95 bits per heavy atom. The SMILES string of the molecule is CCNC(=NCc1ccc(C)s1)NCCNC(C)=O.I. The number of amides is 1. The normalized spacial score (nSPS) is 10.7. The molecule has 0 radical (unpaired) electrons. The molecule has 0 fully saturated rings. The number of nitrogens with zero attached hydrogens (tertiary/aromatic N) is 1. The lowest BCUT2D eigenvalue weighted by Crippen LogP contribution is -2.41. The van der Waals surface area contributed by atoms with E-state index in [4.69, 9.17) is 0 Å². The van der Waals surface area contributed by atoms with E-state index in [1.54, 1.807) is 11.3 Å². The Hall–Kier alpha value is -0.830. The van der Waals surface area contributed by atoms with Gasteiger partial charge in [-0.3, -0.25) is 4.79 Å². The summed E-state index contributed by atoms with van der Waals surface area (Å²) in [5.41, 5.74) is 0. The molecule has 7 heteroatoms. The Morgan fingerprint density at radius 3 is 2.50 bits per heavy atom. The number of thiophene rings is 1. The van der Waals surface area contributed by atoms with Gasteiger partial charge in [-0.15, -0.1) is 35.3 Å². The predicted octanol–water partition coefficient (Wildman–Crippen LogP) is 1.87. The topological polar surface area (TPSA) is 65.5 Å². The predicted molar refractivity (Wildman–Crippen MR) is 96.0 cm³/mol. The van der Waals surface area contributed by atoms with Crippen molar-refractivity contribution in [2.75, 3.05) is 19.6 Å². The monoisotopic (exact) mass is 410 g/mol. The summed E-state index contributed by atoms with van der Waals surface area (Å²) in [4.78, 5) is 17.8. The Labute approximate surface area is 141 Å². The fraction of sp³-hybridized carbons (Fsp3) is 0.538. The molecule has 5 nitrogen and oxygen atoms in total. The fourth-order valence-corrected chi connectivity index (χ4v) is 2.30. The summed E-state index contributed by atoms with van der Waals surface area (Å²) >= 11 is 1.76. The summed E-state index contributed by atoms with van der Waals surface area (Å²) in [6, 6.07) is 4.21. The van der Waals surface area contributed by atoms with Crippen molar-refractivity contribution in [3.05, 3.63) is 21.9 Å². The van der Waals surface area contributed by atoms with Crippen LogP contribution < -0.4 is 16.0 Å². The second-order valence-electron chi connectivity index (χ2n) is 4.12. The number of nitrogens with one attached hydrogen (secondary N) is 3. The summed E-state index contributed by atoms with van der Waals surface area (Å²) in [6.45, 7) is 8.38. The molecule has 1 aromatic heterocycles. The maximum atomic E-state index is 10.7. The maximum Gasteiger partial charge on any atom is 0.216 e. The van der Waals surface area contributed by atoms with Crippen LogP contribution in [-0.4, -0.2) is 31.5 Å². The number of aliphatic imine (C=N–C) groups is 1. The minimum atomic E-state index is -0.0159. The van der Waals surface area contributed by atoms with Crippen molar-refractivity contribution in [3.63, 3.8) is 0 Å². The second kappa shape index (κ2) is 10.9. The third kappa shape index (κ3) is 8.36. The molecule has 0 saturated carbocycles. The molecule has 0 spiro atoms. The van der Waals surface area contributed by atoms with Gasteiger partial charge in [0.05, 0.1) is 6.54 Å². The molecular formula is C13H23IN4OS. The van der Waals surface area contributed by atoms with Gasteiger partial charge in [-0.25, -0.2) is 4.99 Å². The number of guanidine groups is 1. The molecule has 3 N–H and O–H groups in total. The van der Waals surface area contributed by atoms with Crippen molar-refractivity contribution in [2.24, 2.45) is 4.99 Å². The molecule has 1 amide bonds. The van der Waals surface area contributed by atoms with Gasteiger partial charge in [0, 0.05) is 36.3 Å². The minimum Gasteiger partial charge on any atom is -0.357 e. The highest BCUT2D eigenvalue weighted by molar-refractivity contribution is 14.0. The molecule has 0 atom stereocenters. The molecule has 0 aliphatic heterocycles. The zero-order valence-corrected chi connectivity index (χ0v) is 15.3. The zero-order valence-electron chi connectivity index (χ0n) is 12.2. The van der Waals surface area contributed by atoms with E-state index in [1.807, 2.05) is 6.92 Å². The Balaban J connectivity index is 0.00000361. The van der Waals surface area contributed by atoms with Crippen LogP contribution in [0.25, 0.3) is 0 Å². The van der Waals surface area contributed by atoms with E-state index < -0.39 is 0 Å². The molecular weight excluding hydrogens is 387 g/mol. The lowest BCUT2D eigenvalue weighted by molar-refractivity contribution is -0.118. The highest BCUT2D eigenvalue weighted by Gasteiger charge is 1.99. The first-order chi connectivity index (χ1) is 9.11. The van der Waals surface area contributed by atoms with Gasteiger partial charge < -0.3 is 16.0 Å². The van der Waals surface area contributed by atoms with Gasteiger partial charge in [-0.1, -0.05) is 0 Å². The van der Waals surface area contributed by atoms with Crippen molar-refractivity contribution in [1.82, 2.24) is 16.0 Å². The molecule has 0 aromatic carbocycles. The molecule has 1 heterocycles. The summed E-state index contributed by atoms with van der Waals surface area (Å²) in [5, 5.41) is 9.10. The van der Waals surface area contributed by atoms with Crippen LogP contribution in [0.3, 0.4) is 0 Å². The van der Waals surface area contributed by atoms with Crippen LogP contribution in [-0.2, 0) is 11.3 Å². The molecule has 1 aromatic rings. The molecule has 20 heavy (non-hydrogen) atoms. The number of aryl methyl sites for hydroxylation is 1. The van der Waals surface area contributed by atoms with Crippen LogP contribution in [0.5, 0.6) is 0 Å². The lowest BCUT2D eigenvalue weighted by atomic mass is 10.4. The van der Waals surface area contributed by atoms with Gasteiger partial charge in [0.1, 0.15) is 0 Å². The van der Waals surface area contributed by atoms with Crippen LogP contribution in [0.15, 0.2) is 17.1 Å². The van der Waals surface area contributed by atoms with Gasteiger partial charge in [0.2, 0.25) is 5.91 Å². The first-order valence-electron chi connectivity index (χ1n) is 6.43. The van der Waals surface area contributed by atoms with E-state index in [-0.39, 0.29) is 29.9 Å². The zero-order chi connectivity index (χ0) is 14.1. The van der Waals surface area contributed by atoms with Crippen molar-refractivity contribution in [3.8, 4) is 0 Å². The lowest BCUT2D eigenvalue weighted by Gasteiger charge is -2.11. The van der Waals surface area contributed by atoms with Crippen LogP contribution in [0.2, 0.25) is 0 Å². The molecule has 0 aliphatic rings. The van der Waals surface area contributed by atoms with Gasteiger partial charge in [0.25, 0.3) is 0 Å². The van der Waals surface area contributed by atoms with E-state index >= 15 is 0 Å². The number of hydrogen-bond donors (Lipinski definition) is 3. The number of carbonyl (C=O) groups excluding carboxylic acids is 1. The van der Waals surface area contributed by atoms with Crippen LogP contribution in [0, 0.1) is 6.92 Å². The van der Waals surface area contributed by atoms with Crippen molar-refractivity contribution >= 4 is 47.2 Å². The average Bonchev–Trinajstić information content (AvgIpc) is 2.77. The van der Waals surface area contributed by atoms with E-state index in [0.717, 1.165) is 12.5 Å². The maximum absolute atomic E-state index is 10.7. The Bertz CT molecular complexity index is 434. The van der Waals surface area contributed by atoms with Gasteiger partial charge in [-0.05, 0) is 26.0 Å². The second-order valence-corrected chi connectivity index (χ2v) is 5.49. The summed E-state index contributed by atoms with van der Waals surface area (Å²) in [7, 11) is 0. The van der Waals surface area contributed by atoms with Crippen molar-refractivity contribution in [1.29, 1.82) is 0 Å². The smallest absolute Gasteiger partial charge is 0.216 e. The molecule has 0 unspecified atom stereocenters. The summed E-state index contributed by atoms with van der Waals surface area (Å²) in [5.74, 6) is 0.761. The van der Waals surface area contributed by atoms with Crippen molar-refractivity contribution in [2.45, 2.75) is 27.3 Å². The summed E-state index contributed by atoms with van der Waals surface area (Å²) < 4.78 is 0. The standard InChI is InChI=1S/C13H22N4OS.HI/c1-4-14-13(16-8-7-15-11(3)18)17-9-12-6-5-10(2)19-12;/h5-6H,4,7-9H2,1-3H3,(H,15,18)(H2,14,16,17);1H. The minimum absolute atomic E-state index is 0. The quantitative estimate of drug-likeness (QED) is 0.290. The fourth-order valence-electron chi connectivity index (χ4n) is 1.49. The van der Waals surface area contributed by atoms with E-state index in [2.05, 4.69) is 40.0 Å². The largest absolute Gasteiger partial charge is 0.357 e. The summed E-state index contributed by atoms with van der Waals surface area (Å²) in [6.07, 6.45) is 0. The molecule has 1 rings (SSSR count). The van der Waals surface area contributed by atoms with Gasteiger partial charge >= 0.3 is 0 Å². The van der Waals surface area contributed by atoms with E-state index in [1.165, 1.54) is 16.7 Å². The first kappa shape index (κ1) is 19.2. The third-order valence-electron chi connectivity index (χ3n) is 2.32. The Kier molecular flexibility index (Phi) is 10.4. The van der Waals surface area contributed by atoms with Crippen LogP contribution in [0.4, 0.5) is 0 Å². The molecule has 0 bridgehead atoms. The number of carbonyl (C=O) groups is 1. The van der Waals surface area contributed by atoms with Gasteiger partial charge in [-0.2, -0.15) is 0 Å². The number of hydrogen-bond acceptors (Lipinski definition) is 3. The van der Waals surface area contributed by atoms with Crippen LogP contribution in [0.1, 0.15) is 23.6 Å². The van der Waals surface area contributed by atoms with E-state index in [0.29, 0.717) is 19.6 Å². The number of halogens is 1. The van der Waals surface area contributed by atoms with Gasteiger partial charge in [0.15, 0.2) is 5.96 Å². The highest BCUT2D eigenvalue weighted by Crippen LogP contribution is 2.15. The highest BCUT2D eigenvalue weighted by atomic mass is 127. The molecule has 0 saturated heterocycles. The van der Waals surface area contributed by atoms with Crippen LogP contribution >= 0.6 is 35.3 Å². The third-order valence-corrected chi connectivity index (χ3v) is 3.31. The first-order valence-corrected chi connectivity index (χ1v) is 7.25. The average molecular weight is 410 g/mol. The molecule has 114 valence electrons. The number of rotatable bonds is 6. The Morgan fingerprint density at radius 1 is 1.25 bits per heavy atom. The molecule has 0 aliphatic carbocycles.